The lowest BCUT2D eigenvalue weighted by Gasteiger charge is -2.31. The Morgan fingerprint density at radius 1 is 1.02 bits per heavy atom. The van der Waals surface area contributed by atoms with Crippen molar-refractivity contribution in [3.63, 3.8) is 0 Å². The highest BCUT2D eigenvalue weighted by Gasteiger charge is 2.35. The van der Waals surface area contributed by atoms with Gasteiger partial charge in [0.05, 0.1) is 5.56 Å². The molecule has 12 heteroatoms. The van der Waals surface area contributed by atoms with Crippen molar-refractivity contribution in [2.45, 2.75) is 51.2 Å². The molecule has 1 saturated heterocycles. The smallest absolute Gasteiger partial charge is 0.418 e. The zero-order valence-corrected chi connectivity index (χ0v) is 24.6. The number of ether oxygens (including phenoxy) is 1. The summed E-state index contributed by atoms with van der Waals surface area (Å²) in [7, 11) is 1.99. The number of aryl methyl sites for hydroxylation is 1. The highest BCUT2D eigenvalue weighted by molar-refractivity contribution is 5.99. The van der Waals surface area contributed by atoms with Gasteiger partial charge in [0.15, 0.2) is 0 Å². The molecule has 0 bridgehead atoms. The van der Waals surface area contributed by atoms with Gasteiger partial charge in [0.1, 0.15) is 17.9 Å². The van der Waals surface area contributed by atoms with Gasteiger partial charge in [-0.2, -0.15) is 13.2 Å². The fraction of sp³-hybridized carbons (Fsp3) is 0.375. The number of benzene rings is 2. The van der Waals surface area contributed by atoms with E-state index in [1.165, 1.54) is 24.5 Å². The molecule has 2 amide bonds. The number of nitrogens with zero attached hydrogens (tertiary/aromatic N) is 3. The Labute approximate surface area is 253 Å². The Morgan fingerprint density at radius 3 is 2.50 bits per heavy atom. The third-order valence-corrected chi connectivity index (χ3v) is 7.66. The van der Waals surface area contributed by atoms with E-state index in [4.69, 9.17) is 4.74 Å². The quantitative estimate of drug-likeness (QED) is 0.236. The summed E-state index contributed by atoms with van der Waals surface area (Å²) in [5, 5.41) is 8.34. The van der Waals surface area contributed by atoms with E-state index in [2.05, 4.69) is 30.8 Å². The van der Waals surface area contributed by atoms with Crippen LogP contribution < -0.4 is 20.7 Å². The van der Waals surface area contributed by atoms with Crippen LogP contribution >= 0.6 is 0 Å². The molecule has 2 aromatic carbocycles. The summed E-state index contributed by atoms with van der Waals surface area (Å²) >= 11 is 0. The number of nitrogens with one attached hydrogen (secondary N) is 3. The van der Waals surface area contributed by atoms with Crippen molar-refractivity contribution >= 4 is 29.0 Å². The second-order valence-electron chi connectivity index (χ2n) is 11.3. The molecule has 3 aromatic rings. The van der Waals surface area contributed by atoms with Crippen LogP contribution in [0.3, 0.4) is 0 Å². The first-order valence-electron chi connectivity index (χ1n) is 14.6. The highest BCUT2D eigenvalue weighted by Crippen LogP contribution is 2.37. The van der Waals surface area contributed by atoms with Crippen LogP contribution in [0.1, 0.15) is 42.4 Å². The van der Waals surface area contributed by atoms with Crippen LogP contribution in [0, 0.1) is 12.8 Å². The first kappa shape index (κ1) is 31.0. The highest BCUT2D eigenvalue weighted by atomic mass is 19.4. The fourth-order valence-electron chi connectivity index (χ4n) is 4.95. The maximum Gasteiger partial charge on any atom is 0.418 e. The van der Waals surface area contributed by atoms with Crippen molar-refractivity contribution in [3.05, 3.63) is 77.6 Å². The number of piperidine rings is 1. The second-order valence-corrected chi connectivity index (χ2v) is 11.3. The van der Waals surface area contributed by atoms with Crippen molar-refractivity contribution < 1.29 is 27.5 Å². The fourth-order valence-corrected chi connectivity index (χ4v) is 4.95. The van der Waals surface area contributed by atoms with Crippen LogP contribution in [-0.4, -0.2) is 52.9 Å². The number of anilines is 3. The third kappa shape index (κ3) is 8.56. The molecule has 232 valence electrons. The number of alkyl halides is 3. The molecule has 3 N–H and O–H groups in total. The number of amides is 2. The molecule has 2 heterocycles. The monoisotopic (exact) mass is 608 g/mol. The Morgan fingerprint density at radius 2 is 1.80 bits per heavy atom. The first-order valence-corrected chi connectivity index (χ1v) is 14.6. The topological polar surface area (TPSA) is 108 Å². The lowest BCUT2D eigenvalue weighted by atomic mass is 10.0. The van der Waals surface area contributed by atoms with E-state index >= 15 is 0 Å². The molecule has 2 aliphatic rings. The molecule has 0 unspecified atom stereocenters. The van der Waals surface area contributed by atoms with Gasteiger partial charge in [-0.15, -0.1) is 0 Å². The van der Waals surface area contributed by atoms with E-state index in [9.17, 15) is 22.8 Å². The average Bonchev–Trinajstić information content (AvgIpc) is 3.82. The zero-order chi connectivity index (χ0) is 31.3. The molecular formula is C32H35F3N6O3. The molecule has 1 aliphatic carbocycles. The minimum Gasteiger partial charge on any atom is -0.439 e. The van der Waals surface area contributed by atoms with E-state index < -0.39 is 17.6 Å². The van der Waals surface area contributed by atoms with Gasteiger partial charge in [-0.1, -0.05) is 12.1 Å². The largest absolute Gasteiger partial charge is 0.439 e. The van der Waals surface area contributed by atoms with Crippen LogP contribution in [0.4, 0.5) is 30.4 Å². The number of aromatic nitrogens is 2. The lowest BCUT2D eigenvalue weighted by molar-refractivity contribution is -0.137. The zero-order valence-electron chi connectivity index (χ0n) is 24.6. The van der Waals surface area contributed by atoms with E-state index in [1.807, 2.05) is 26.1 Å². The number of likely N-dealkylation sites (tertiary alicyclic amines) is 1. The van der Waals surface area contributed by atoms with E-state index in [0.29, 0.717) is 18.0 Å². The third-order valence-electron chi connectivity index (χ3n) is 7.66. The molecule has 0 spiro atoms. The van der Waals surface area contributed by atoms with Gasteiger partial charge in [-0.25, -0.2) is 9.97 Å². The number of carbonyl (C=O) groups is 2. The van der Waals surface area contributed by atoms with Crippen molar-refractivity contribution in [2.24, 2.45) is 5.92 Å². The van der Waals surface area contributed by atoms with Gasteiger partial charge in [0.25, 0.3) is 0 Å². The summed E-state index contributed by atoms with van der Waals surface area (Å²) in [6, 6.07) is 10.8. The molecule has 1 aliphatic heterocycles. The van der Waals surface area contributed by atoms with Crippen molar-refractivity contribution in [3.8, 4) is 11.6 Å². The molecular weight excluding hydrogens is 573 g/mol. The number of carbonyl (C=O) groups excluding carboxylic acids is 2. The molecule has 2 fully saturated rings. The van der Waals surface area contributed by atoms with Crippen LogP contribution in [0.5, 0.6) is 11.6 Å². The van der Waals surface area contributed by atoms with Gasteiger partial charge in [0, 0.05) is 29.4 Å². The number of allylic oxidation sites excluding steroid dienone is 1. The SMILES string of the molecule is Cc1cc(Oc2cc(NC(=O)C3CC3)ncn2)ccc1CC=CC(=O)Nc1ccc(NC2CCN(C)CC2)c(C(F)(F)F)c1. The Kier molecular flexibility index (Phi) is 9.48. The standard InChI is InChI=1S/C32H35F3N6O3/c1-20-16-25(44-30-18-28(36-19-37-30)40-31(43)22-6-7-22)10-8-21(20)4-3-5-29(42)39-24-9-11-27(26(17-24)32(33,34)35)38-23-12-14-41(2)15-13-23/h3,5,8-11,16-19,22-23,38H,4,6-7,12-15H2,1-2H3,(H,39,42)(H,36,37,40,43). The van der Waals surface area contributed by atoms with Crippen LogP contribution in [-0.2, 0) is 22.2 Å². The molecule has 1 saturated carbocycles. The van der Waals surface area contributed by atoms with Gasteiger partial charge in [0.2, 0.25) is 17.7 Å². The minimum absolute atomic E-state index is 0.0176. The van der Waals surface area contributed by atoms with Crippen LogP contribution in [0.15, 0.2) is 60.9 Å². The van der Waals surface area contributed by atoms with Gasteiger partial charge in [-0.3, -0.25) is 9.59 Å². The normalized spacial score (nSPS) is 16.1. The summed E-state index contributed by atoms with van der Waals surface area (Å²) in [6.07, 6.45) is 3.43. The van der Waals surface area contributed by atoms with Gasteiger partial charge < -0.3 is 25.6 Å². The van der Waals surface area contributed by atoms with Crippen molar-refractivity contribution in [2.75, 3.05) is 36.1 Å². The maximum atomic E-state index is 13.8. The van der Waals surface area contributed by atoms with Gasteiger partial charge >= 0.3 is 6.18 Å². The molecule has 1 aromatic heterocycles. The summed E-state index contributed by atoms with van der Waals surface area (Å²) in [5.74, 6) is 0.666. The Balaban J connectivity index is 1.15. The van der Waals surface area contributed by atoms with Crippen molar-refractivity contribution in [1.82, 2.24) is 14.9 Å². The number of hydrogen-bond donors (Lipinski definition) is 3. The average molecular weight is 609 g/mol. The number of rotatable bonds is 10. The van der Waals surface area contributed by atoms with E-state index in [0.717, 1.165) is 56.0 Å². The molecule has 44 heavy (non-hydrogen) atoms. The number of hydrogen-bond acceptors (Lipinski definition) is 7. The van der Waals surface area contributed by atoms with Crippen LogP contribution in [0.2, 0.25) is 0 Å². The maximum absolute atomic E-state index is 13.8. The van der Waals surface area contributed by atoms with E-state index in [1.54, 1.807) is 18.2 Å². The van der Waals surface area contributed by atoms with E-state index in [-0.39, 0.29) is 35.1 Å². The minimum atomic E-state index is -4.57. The summed E-state index contributed by atoms with van der Waals surface area (Å²) in [4.78, 5) is 34.8. The molecule has 9 nitrogen and oxygen atoms in total. The molecule has 0 radical (unpaired) electrons. The predicted molar refractivity (Wildman–Crippen MR) is 162 cm³/mol. The molecule has 5 rings (SSSR count). The summed E-state index contributed by atoms with van der Waals surface area (Å²) in [6.45, 7) is 3.54. The summed E-state index contributed by atoms with van der Waals surface area (Å²) < 4.78 is 47.4. The Bertz CT molecular complexity index is 1530. The lowest BCUT2D eigenvalue weighted by Crippen LogP contribution is -2.37. The Hall–Kier alpha value is -4.45. The van der Waals surface area contributed by atoms with Gasteiger partial charge in [-0.05, 0) is 107 Å². The predicted octanol–water partition coefficient (Wildman–Crippen LogP) is 6.19. The first-order chi connectivity index (χ1) is 21.0. The number of halogens is 3. The van der Waals surface area contributed by atoms with Crippen LogP contribution in [0.25, 0.3) is 0 Å². The molecule has 0 atom stereocenters. The summed E-state index contributed by atoms with van der Waals surface area (Å²) in [5.41, 5.74) is 1.12. The van der Waals surface area contributed by atoms with Crippen molar-refractivity contribution in [1.29, 1.82) is 0 Å². The second kappa shape index (κ2) is 13.5.